The Morgan fingerprint density at radius 3 is 2.60 bits per heavy atom. The van der Waals surface area contributed by atoms with Crippen LogP contribution in [0.3, 0.4) is 0 Å². The third-order valence-corrected chi connectivity index (χ3v) is 0.487. The number of rotatable bonds is 2. The largest absolute Gasteiger partial charge is 0.288 e. The highest BCUT2D eigenvalue weighted by Crippen LogP contribution is 1.98. The monoisotopic (exact) mass is 96.0 g/mol. The summed E-state index contributed by atoms with van der Waals surface area (Å²) >= 11 is -0.0984. The molecule has 0 aliphatic carbocycles. The molecule has 0 aliphatic rings. The van der Waals surface area contributed by atoms with Crippen LogP contribution in [-0.2, 0) is 4.18 Å². The molecule has 0 saturated heterocycles. The minimum absolute atomic E-state index is 0.0984. The SMILES string of the molecule is CCOSF. The molecule has 32 valence electrons. The van der Waals surface area contributed by atoms with E-state index in [0.717, 1.165) is 0 Å². The molecule has 3 heteroatoms. The zero-order valence-electron chi connectivity index (χ0n) is 2.90. The van der Waals surface area contributed by atoms with Crippen LogP contribution in [0.1, 0.15) is 6.92 Å². The first kappa shape index (κ1) is 5.24. The molecule has 5 heavy (non-hydrogen) atoms. The van der Waals surface area contributed by atoms with Gasteiger partial charge in [0.1, 0.15) is 0 Å². The van der Waals surface area contributed by atoms with Gasteiger partial charge in [-0.1, -0.05) is 0 Å². The van der Waals surface area contributed by atoms with Crippen molar-refractivity contribution in [3.05, 3.63) is 0 Å². The lowest BCUT2D eigenvalue weighted by molar-refractivity contribution is 0.386. The van der Waals surface area contributed by atoms with E-state index in [9.17, 15) is 3.89 Å². The first-order valence-electron chi connectivity index (χ1n) is 1.32. The van der Waals surface area contributed by atoms with Gasteiger partial charge >= 0.3 is 0 Å². The average molecular weight is 96.1 g/mol. The molecule has 0 unspecified atom stereocenters. The molecule has 0 rings (SSSR count). The van der Waals surface area contributed by atoms with Crippen molar-refractivity contribution in [3.63, 3.8) is 0 Å². The summed E-state index contributed by atoms with van der Waals surface area (Å²) in [5.74, 6) is 0. The van der Waals surface area contributed by atoms with E-state index >= 15 is 0 Å². The molecule has 0 N–H and O–H groups in total. The number of hydrogen-bond donors (Lipinski definition) is 0. The Labute approximate surface area is 35.0 Å². The molecule has 0 atom stereocenters. The molecule has 0 bridgehead atoms. The molecule has 0 aromatic heterocycles. The molecular weight excluding hydrogens is 91.1 g/mol. The van der Waals surface area contributed by atoms with E-state index in [-0.39, 0.29) is 12.4 Å². The van der Waals surface area contributed by atoms with Gasteiger partial charge in [0.2, 0.25) is 12.4 Å². The van der Waals surface area contributed by atoms with Gasteiger partial charge in [-0.3, -0.25) is 4.18 Å². The van der Waals surface area contributed by atoms with Crippen molar-refractivity contribution in [2.24, 2.45) is 0 Å². The Bertz CT molecular complexity index is 17.1. The summed E-state index contributed by atoms with van der Waals surface area (Å²) < 4.78 is 14.8. The molecular formula is C2H5FOS. The zero-order valence-corrected chi connectivity index (χ0v) is 3.72. The van der Waals surface area contributed by atoms with E-state index in [2.05, 4.69) is 4.18 Å². The number of hydrogen-bond acceptors (Lipinski definition) is 2. The highest BCUT2D eigenvalue weighted by molar-refractivity contribution is 7.89. The molecule has 0 spiro atoms. The highest BCUT2D eigenvalue weighted by Gasteiger charge is 1.70. The van der Waals surface area contributed by atoms with Gasteiger partial charge in [-0.15, -0.1) is 3.89 Å². The van der Waals surface area contributed by atoms with Crippen LogP contribution in [0.25, 0.3) is 0 Å². The second kappa shape index (κ2) is 4.24. The fourth-order valence-corrected chi connectivity index (χ4v) is 0.134. The maximum Gasteiger partial charge on any atom is 0.208 e. The van der Waals surface area contributed by atoms with Gasteiger partial charge in [0.25, 0.3) is 0 Å². The Morgan fingerprint density at radius 1 is 2.00 bits per heavy atom. The highest BCUT2D eigenvalue weighted by atomic mass is 32.2. The van der Waals surface area contributed by atoms with E-state index in [1.165, 1.54) is 0 Å². The summed E-state index contributed by atoms with van der Waals surface area (Å²) in [7, 11) is 0. The van der Waals surface area contributed by atoms with Crippen molar-refractivity contribution in [3.8, 4) is 0 Å². The summed E-state index contributed by atoms with van der Waals surface area (Å²) in [6.07, 6.45) is 0. The standard InChI is InChI=1S/C2H5FOS/c1-2-4-5-3/h2H2,1H3. The van der Waals surface area contributed by atoms with Gasteiger partial charge in [0.05, 0.1) is 6.61 Å². The summed E-state index contributed by atoms with van der Waals surface area (Å²) in [5, 5.41) is 0. The quantitative estimate of drug-likeness (QED) is 0.482. The Balaban J connectivity index is 2.19. The van der Waals surface area contributed by atoms with E-state index in [0.29, 0.717) is 6.61 Å². The molecule has 0 saturated carbocycles. The second-order valence-corrected chi connectivity index (χ2v) is 0.831. The first-order chi connectivity index (χ1) is 2.41. The molecule has 0 aromatic rings. The van der Waals surface area contributed by atoms with Gasteiger partial charge in [0, 0.05) is 0 Å². The van der Waals surface area contributed by atoms with Crippen LogP contribution in [0, 0.1) is 0 Å². The average Bonchev–Trinajstić information content (AvgIpc) is 1.41. The topological polar surface area (TPSA) is 9.23 Å². The maximum atomic E-state index is 10.7. The van der Waals surface area contributed by atoms with E-state index in [1.54, 1.807) is 6.92 Å². The fourth-order valence-electron chi connectivity index (χ4n) is 0.0445. The van der Waals surface area contributed by atoms with Gasteiger partial charge in [-0.05, 0) is 6.92 Å². The van der Waals surface area contributed by atoms with Crippen molar-refractivity contribution in [2.45, 2.75) is 6.92 Å². The third-order valence-electron chi connectivity index (χ3n) is 0.162. The Hall–Kier alpha value is 0.240. The lowest BCUT2D eigenvalue weighted by Crippen LogP contribution is -1.68. The molecule has 0 amide bonds. The minimum atomic E-state index is -0.0984. The van der Waals surface area contributed by atoms with E-state index in [4.69, 9.17) is 0 Å². The van der Waals surface area contributed by atoms with Gasteiger partial charge in [-0.2, -0.15) is 0 Å². The van der Waals surface area contributed by atoms with Crippen molar-refractivity contribution in [2.75, 3.05) is 6.61 Å². The molecule has 0 aliphatic heterocycles. The lowest BCUT2D eigenvalue weighted by atomic mass is 10.9. The van der Waals surface area contributed by atoms with Gasteiger partial charge in [-0.25, -0.2) is 0 Å². The fraction of sp³-hybridized carbons (Fsp3) is 1.00. The number of halogens is 1. The van der Waals surface area contributed by atoms with Crippen LogP contribution in [0.4, 0.5) is 3.89 Å². The summed E-state index contributed by atoms with van der Waals surface area (Å²) in [5.41, 5.74) is 0. The third kappa shape index (κ3) is 4.24. The van der Waals surface area contributed by atoms with Crippen molar-refractivity contribution >= 4 is 12.4 Å². The van der Waals surface area contributed by atoms with Crippen LogP contribution in [0.5, 0.6) is 0 Å². The molecule has 0 fully saturated rings. The van der Waals surface area contributed by atoms with Crippen LogP contribution in [-0.4, -0.2) is 6.61 Å². The molecule has 0 heterocycles. The van der Waals surface area contributed by atoms with Gasteiger partial charge in [0.15, 0.2) is 0 Å². The lowest BCUT2D eigenvalue weighted by Gasteiger charge is -1.79. The summed E-state index contributed by atoms with van der Waals surface area (Å²) in [6, 6.07) is 0. The zero-order chi connectivity index (χ0) is 4.12. The van der Waals surface area contributed by atoms with Gasteiger partial charge < -0.3 is 0 Å². The first-order valence-corrected chi connectivity index (χ1v) is 1.96. The summed E-state index contributed by atoms with van der Waals surface area (Å²) in [4.78, 5) is 0. The molecule has 0 radical (unpaired) electrons. The van der Waals surface area contributed by atoms with Crippen molar-refractivity contribution in [1.29, 1.82) is 0 Å². The van der Waals surface area contributed by atoms with Crippen molar-refractivity contribution in [1.82, 2.24) is 0 Å². The van der Waals surface area contributed by atoms with E-state index < -0.39 is 0 Å². The Kier molecular flexibility index (Phi) is 4.44. The van der Waals surface area contributed by atoms with Crippen LogP contribution in [0.2, 0.25) is 0 Å². The predicted octanol–water partition coefficient (Wildman–Crippen LogP) is 1.56. The predicted molar refractivity (Wildman–Crippen MR) is 20.3 cm³/mol. The second-order valence-electron chi connectivity index (χ2n) is 0.470. The normalized spacial score (nSPS) is 8.40. The van der Waals surface area contributed by atoms with Crippen molar-refractivity contribution < 1.29 is 8.07 Å². The Morgan fingerprint density at radius 2 is 2.60 bits per heavy atom. The van der Waals surface area contributed by atoms with Crippen LogP contribution in [0.15, 0.2) is 0 Å². The summed E-state index contributed by atoms with van der Waals surface area (Å²) in [6.45, 7) is 2.16. The smallest absolute Gasteiger partial charge is 0.208 e. The molecule has 1 nitrogen and oxygen atoms in total. The molecule has 0 aromatic carbocycles. The van der Waals surface area contributed by atoms with E-state index in [1.807, 2.05) is 0 Å². The van der Waals surface area contributed by atoms with Crippen LogP contribution >= 0.6 is 12.4 Å². The van der Waals surface area contributed by atoms with Crippen LogP contribution < -0.4 is 0 Å². The maximum absolute atomic E-state index is 10.7. The minimum Gasteiger partial charge on any atom is -0.288 e.